The summed E-state index contributed by atoms with van der Waals surface area (Å²) < 4.78 is 12.0. The SMILES string of the molecule is CCC1(CC)CC(=O)N([C@@H]2CCOc3c(C#N)cc(C(=O)N[C@H]4CC(C)(C)Oc5ccccc54)cc32)C(N)=N1. The van der Waals surface area contributed by atoms with Crippen molar-refractivity contribution < 1.29 is 19.1 Å². The highest BCUT2D eigenvalue weighted by atomic mass is 16.5. The van der Waals surface area contributed by atoms with E-state index in [1.54, 1.807) is 12.1 Å². The van der Waals surface area contributed by atoms with Crippen molar-refractivity contribution in [2.75, 3.05) is 6.61 Å². The summed E-state index contributed by atoms with van der Waals surface area (Å²) in [6.45, 7) is 8.31. The summed E-state index contributed by atoms with van der Waals surface area (Å²) >= 11 is 0. The third-order valence-corrected chi connectivity index (χ3v) is 8.15. The quantitative estimate of drug-likeness (QED) is 0.586. The van der Waals surface area contributed by atoms with Gasteiger partial charge in [-0.15, -0.1) is 0 Å². The second-order valence-corrected chi connectivity index (χ2v) is 11.2. The van der Waals surface area contributed by atoms with Crippen LogP contribution in [0.1, 0.15) is 98.9 Å². The number of nitrogens with two attached hydrogens (primary N) is 1. The molecule has 204 valence electrons. The summed E-state index contributed by atoms with van der Waals surface area (Å²) in [5, 5.41) is 13.1. The minimum atomic E-state index is -0.501. The van der Waals surface area contributed by atoms with Crippen LogP contribution in [0.4, 0.5) is 0 Å². The molecule has 9 heteroatoms. The molecule has 0 aliphatic carbocycles. The van der Waals surface area contributed by atoms with Crippen LogP contribution in [0.15, 0.2) is 41.4 Å². The maximum absolute atomic E-state index is 13.6. The summed E-state index contributed by atoms with van der Waals surface area (Å²) in [7, 11) is 0. The molecule has 2 atom stereocenters. The zero-order valence-electron chi connectivity index (χ0n) is 22.9. The van der Waals surface area contributed by atoms with Crippen molar-refractivity contribution in [3.63, 3.8) is 0 Å². The van der Waals surface area contributed by atoms with Crippen molar-refractivity contribution in [2.24, 2.45) is 10.7 Å². The average Bonchev–Trinajstić information content (AvgIpc) is 2.91. The number of nitrogens with one attached hydrogen (secondary N) is 1. The maximum Gasteiger partial charge on any atom is 0.251 e. The lowest BCUT2D eigenvalue weighted by Gasteiger charge is -2.41. The molecule has 0 bridgehead atoms. The van der Waals surface area contributed by atoms with Crippen LogP contribution in [0.2, 0.25) is 0 Å². The van der Waals surface area contributed by atoms with E-state index in [1.165, 1.54) is 4.90 Å². The van der Waals surface area contributed by atoms with E-state index in [4.69, 9.17) is 20.2 Å². The van der Waals surface area contributed by atoms with Gasteiger partial charge in [0.25, 0.3) is 5.91 Å². The Morgan fingerprint density at radius 1 is 1.23 bits per heavy atom. The summed E-state index contributed by atoms with van der Waals surface area (Å²) in [6.07, 6.45) is 2.74. The second-order valence-electron chi connectivity index (χ2n) is 11.2. The average molecular weight is 530 g/mol. The molecular weight excluding hydrogens is 494 g/mol. The molecule has 0 spiro atoms. The Morgan fingerprint density at radius 2 is 1.97 bits per heavy atom. The Kier molecular flexibility index (Phi) is 6.75. The number of guanidine groups is 1. The molecule has 3 aliphatic heterocycles. The monoisotopic (exact) mass is 529 g/mol. The van der Waals surface area contributed by atoms with Crippen LogP contribution >= 0.6 is 0 Å². The van der Waals surface area contributed by atoms with Crippen molar-refractivity contribution in [2.45, 2.75) is 83.0 Å². The molecule has 9 nitrogen and oxygen atoms in total. The molecule has 2 aromatic carbocycles. The first-order valence-corrected chi connectivity index (χ1v) is 13.6. The van der Waals surface area contributed by atoms with E-state index < -0.39 is 17.2 Å². The number of carbonyl (C=O) groups excluding carboxylic acids is 2. The van der Waals surface area contributed by atoms with Crippen molar-refractivity contribution >= 4 is 17.8 Å². The molecule has 5 rings (SSSR count). The first kappa shape index (κ1) is 26.5. The topological polar surface area (TPSA) is 130 Å². The molecule has 0 saturated carbocycles. The van der Waals surface area contributed by atoms with Crippen molar-refractivity contribution in [3.8, 4) is 17.6 Å². The molecule has 2 amide bonds. The van der Waals surface area contributed by atoms with E-state index in [-0.39, 0.29) is 35.8 Å². The lowest BCUT2D eigenvalue weighted by Crippen LogP contribution is -2.53. The van der Waals surface area contributed by atoms with E-state index in [1.807, 2.05) is 52.0 Å². The van der Waals surface area contributed by atoms with Crippen LogP contribution in [0, 0.1) is 11.3 Å². The first-order chi connectivity index (χ1) is 18.6. The number of aliphatic imine (C=N–C) groups is 1. The largest absolute Gasteiger partial charge is 0.492 e. The number of ether oxygens (including phenoxy) is 2. The molecule has 0 radical (unpaired) electrons. The van der Waals surface area contributed by atoms with Gasteiger partial charge in [-0.1, -0.05) is 32.0 Å². The molecule has 0 fully saturated rings. The molecule has 3 heterocycles. The van der Waals surface area contributed by atoms with Gasteiger partial charge < -0.3 is 20.5 Å². The standard InChI is InChI=1S/C30H35N5O4/c1-5-30(6-2)16-25(36)35(28(32)34-30)23-11-12-38-26-19(17-31)13-18(14-21(23)26)27(37)33-22-15-29(3,4)39-24-10-8-7-9-20(22)24/h7-10,13-14,22-23H,5-6,11-12,15-16H2,1-4H3,(H2,32,34)(H,33,37)/t22-,23+/m0/s1. The zero-order chi connectivity index (χ0) is 27.9. The van der Waals surface area contributed by atoms with Gasteiger partial charge in [-0.25, -0.2) is 4.99 Å². The number of nitriles is 1. The van der Waals surface area contributed by atoms with E-state index in [0.717, 1.165) is 11.3 Å². The van der Waals surface area contributed by atoms with Crippen LogP contribution in [0.25, 0.3) is 0 Å². The molecule has 0 aromatic heterocycles. The smallest absolute Gasteiger partial charge is 0.251 e. The van der Waals surface area contributed by atoms with Crippen LogP contribution in [-0.4, -0.2) is 40.4 Å². The molecule has 2 aromatic rings. The Bertz CT molecular complexity index is 1390. The lowest BCUT2D eigenvalue weighted by molar-refractivity contribution is -0.132. The van der Waals surface area contributed by atoms with Crippen molar-refractivity contribution in [1.29, 1.82) is 5.26 Å². The van der Waals surface area contributed by atoms with Gasteiger partial charge in [0.2, 0.25) is 5.91 Å². The van der Waals surface area contributed by atoms with Gasteiger partial charge in [-0.05, 0) is 44.9 Å². The minimum absolute atomic E-state index is 0.113. The van der Waals surface area contributed by atoms with Gasteiger partial charge in [-0.2, -0.15) is 5.26 Å². The molecule has 39 heavy (non-hydrogen) atoms. The molecule has 0 unspecified atom stereocenters. The number of hydrogen-bond donors (Lipinski definition) is 2. The van der Waals surface area contributed by atoms with Gasteiger partial charge >= 0.3 is 0 Å². The van der Waals surface area contributed by atoms with Crippen LogP contribution in [-0.2, 0) is 4.79 Å². The van der Waals surface area contributed by atoms with Crippen LogP contribution in [0.3, 0.4) is 0 Å². The number of benzene rings is 2. The fourth-order valence-electron chi connectivity index (χ4n) is 5.97. The van der Waals surface area contributed by atoms with Crippen LogP contribution in [0.5, 0.6) is 11.5 Å². The maximum atomic E-state index is 13.6. The predicted octanol–water partition coefficient (Wildman–Crippen LogP) is 4.52. The van der Waals surface area contributed by atoms with Gasteiger partial charge in [0.15, 0.2) is 5.96 Å². The van der Waals surface area contributed by atoms with Crippen molar-refractivity contribution in [1.82, 2.24) is 10.2 Å². The highest BCUT2D eigenvalue weighted by Gasteiger charge is 2.42. The number of rotatable bonds is 5. The summed E-state index contributed by atoms with van der Waals surface area (Å²) in [4.78, 5) is 33.3. The van der Waals surface area contributed by atoms with Gasteiger partial charge in [0, 0.05) is 29.5 Å². The van der Waals surface area contributed by atoms with Gasteiger partial charge in [0.1, 0.15) is 23.2 Å². The third-order valence-electron chi connectivity index (χ3n) is 8.15. The van der Waals surface area contributed by atoms with E-state index in [2.05, 4.69) is 11.4 Å². The number of nitrogens with zero attached hydrogens (tertiary/aromatic N) is 3. The van der Waals surface area contributed by atoms with E-state index >= 15 is 0 Å². The summed E-state index contributed by atoms with van der Waals surface area (Å²) in [6, 6.07) is 12.3. The van der Waals surface area contributed by atoms with Gasteiger partial charge in [-0.3, -0.25) is 14.5 Å². The lowest BCUT2D eigenvalue weighted by atomic mass is 9.86. The normalized spacial score (nSPS) is 22.8. The number of carbonyl (C=O) groups is 2. The summed E-state index contributed by atoms with van der Waals surface area (Å²) in [5.74, 6) is 0.856. The zero-order valence-corrected chi connectivity index (χ0v) is 22.9. The number of hydrogen-bond acceptors (Lipinski definition) is 7. The van der Waals surface area contributed by atoms with E-state index in [0.29, 0.717) is 49.2 Å². The molecule has 0 saturated heterocycles. The Hall–Kier alpha value is -4.06. The number of para-hydroxylation sites is 1. The highest BCUT2D eigenvalue weighted by Crippen LogP contribution is 2.43. The predicted molar refractivity (Wildman–Crippen MR) is 146 cm³/mol. The number of fused-ring (bicyclic) bond motifs is 2. The molecular formula is C30H35N5O4. The fraction of sp³-hybridized carbons (Fsp3) is 0.467. The first-order valence-electron chi connectivity index (χ1n) is 13.6. The van der Waals surface area contributed by atoms with Crippen LogP contribution < -0.4 is 20.5 Å². The Morgan fingerprint density at radius 3 is 2.67 bits per heavy atom. The third kappa shape index (κ3) is 4.80. The Labute approximate surface area is 229 Å². The Balaban J connectivity index is 1.50. The fourth-order valence-corrected chi connectivity index (χ4v) is 5.97. The van der Waals surface area contributed by atoms with Crippen molar-refractivity contribution in [3.05, 3.63) is 58.7 Å². The second kappa shape index (κ2) is 9.92. The minimum Gasteiger partial charge on any atom is -0.492 e. The van der Waals surface area contributed by atoms with Gasteiger partial charge in [0.05, 0.1) is 36.2 Å². The highest BCUT2D eigenvalue weighted by molar-refractivity contribution is 6.00. The van der Waals surface area contributed by atoms with E-state index in [9.17, 15) is 14.9 Å². The number of amides is 2. The summed E-state index contributed by atoms with van der Waals surface area (Å²) in [5.41, 5.74) is 7.50. The molecule has 3 aliphatic rings. The molecule has 3 N–H and O–H groups in total.